The van der Waals surface area contributed by atoms with E-state index in [1.807, 2.05) is 18.2 Å². The van der Waals surface area contributed by atoms with Gasteiger partial charge in [0.2, 0.25) is 0 Å². The summed E-state index contributed by atoms with van der Waals surface area (Å²) in [5.41, 5.74) is 3.75. The first-order valence-electron chi connectivity index (χ1n) is 7.80. The maximum atomic E-state index is 9.10. The number of aliphatic carboxylic acids is 2. The molecule has 0 spiro atoms. The van der Waals surface area contributed by atoms with E-state index in [0.29, 0.717) is 0 Å². The summed E-state index contributed by atoms with van der Waals surface area (Å²) in [5.74, 6) is -2.12. The highest BCUT2D eigenvalue weighted by atomic mass is 16.5. The minimum absolute atomic E-state index is 0.759. The van der Waals surface area contributed by atoms with Crippen molar-refractivity contribution in [3.8, 4) is 11.5 Å². The zero-order chi connectivity index (χ0) is 19.5. The molecule has 0 aromatic heterocycles. The van der Waals surface area contributed by atoms with E-state index in [2.05, 4.69) is 36.5 Å². The van der Waals surface area contributed by atoms with Crippen LogP contribution in [0.15, 0.2) is 42.5 Å². The van der Waals surface area contributed by atoms with Crippen LogP contribution in [-0.2, 0) is 22.7 Å². The number of carboxylic acids is 2. The fraction of sp³-hybridized carbons (Fsp3) is 0.263. The lowest BCUT2D eigenvalue weighted by molar-refractivity contribution is -0.159. The molecule has 26 heavy (non-hydrogen) atoms. The number of nitrogens with one attached hydrogen (secondary N) is 1. The summed E-state index contributed by atoms with van der Waals surface area (Å²) in [6.07, 6.45) is 0. The third kappa shape index (κ3) is 7.23. The van der Waals surface area contributed by atoms with Gasteiger partial charge < -0.3 is 25.0 Å². The molecular formula is C19H23NO6. The lowest BCUT2D eigenvalue weighted by Gasteiger charge is -2.10. The van der Waals surface area contributed by atoms with Crippen LogP contribution in [0, 0.1) is 6.92 Å². The van der Waals surface area contributed by atoms with Gasteiger partial charge in [-0.3, -0.25) is 0 Å². The lowest BCUT2D eigenvalue weighted by Crippen LogP contribution is -2.12. The Hall–Kier alpha value is -3.06. The monoisotopic (exact) mass is 361 g/mol. The van der Waals surface area contributed by atoms with E-state index >= 15 is 0 Å². The van der Waals surface area contributed by atoms with Crippen LogP contribution in [0.5, 0.6) is 11.5 Å². The SMILES string of the molecule is COc1ccc(CNCc2ccc(C)cc2)cc1OC.O=C(O)C(=O)O. The highest BCUT2D eigenvalue weighted by Gasteiger charge is 2.04. The minimum atomic E-state index is -1.82. The Bertz CT molecular complexity index is 715. The van der Waals surface area contributed by atoms with Crippen LogP contribution in [-0.4, -0.2) is 36.4 Å². The van der Waals surface area contributed by atoms with Crippen molar-refractivity contribution < 1.29 is 29.3 Å². The summed E-state index contributed by atoms with van der Waals surface area (Å²) >= 11 is 0. The van der Waals surface area contributed by atoms with Gasteiger partial charge in [0, 0.05) is 13.1 Å². The van der Waals surface area contributed by atoms with Crippen LogP contribution in [0.4, 0.5) is 0 Å². The van der Waals surface area contributed by atoms with E-state index in [9.17, 15) is 0 Å². The molecule has 2 aromatic rings. The summed E-state index contributed by atoms with van der Waals surface area (Å²) in [7, 11) is 3.30. The van der Waals surface area contributed by atoms with Gasteiger partial charge in [0.1, 0.15) is 0 Å². The van der Waals surface area contributed by atoms with Gasteiger partial charge in [-0.05, 0) is 30.2 Å². The molecule has 2 rings (SSSR count). The molecule has 0 saturated heterocycles. The first-order valence-corrected chi connectivity index (χ1v) is 7.80. The van der Waals surface area contributed by atoms with Crippen molar-refractivity contribution in [2.75, 3.05) is 14.2 Å². The number of hydrogen-bond donors (Lipinski definition) is 3. The van der Waals surface area contributed by atoms with Crippen LogP contribution in [0.25, 0.3) is 0 Å². The summed E-state index contributed by atoms with van der Waals surface area (Å²) in [5, 5.41) is 18.2. The number of ether oxygens (including phenoxy) is 2. The van der Waals surface area contributed by atoms with E-state index in [1.54, 1.807) is 14.2 Å². The fourth-order valence-corrected chi connectivity index (χ4v) is 2.05. The molecule has 0 aliphatic carbocycles. The summed E-state index contributed by atoms with van der Waals surface area (Å²) in [4.78, 5) is 18.2. The zero-order valence-electron chi connectivity index (χ0n) is 15.0. The van der Waals surface area contributed by atoms with Gasteiger partial charge >= 0.3 is 11.9 Å². The molecule has 0 fully saturated rings. The average Bonchev–Trinajstić information content (AvgIpc) is 2.63. The predicted molar refractivity (Wildman–Crippen MR) is 96.5 cm³/mol. The predicted octanol–water partition coefficient (Wildman–Crippen LogP) is 2.46. The minimum Gasteiger partial charge on any atom is -0.493 e. The molecule has 140 valence electrons. The van der Waals surface area contributed by atoms with Gasteiger partial charge in [-0.2, -0.15) is 0 Å². The number of benzene rings is 2. The van der Waals surface area contributed by atoms with Crippen molar-refractivity contribution in [1.82, 2.24) is 5.32 Å². The highest BCUT2D eigenvalue weighted by Crippen LogP contribution is 2.27. The largest absolute Gasteiger partial charge is 0.493 e. The zero-order valence-corrected chi connectivity index (χ0v) is 15.0. The topological polar surface area (TPSA) is 105 Å². The number of hydrogen-bond acceptors (Lipinski definition) is 5. The summed E-state index contributed by atoms with van der Waals surface area (Å²) in [6, 6.07) is 14.5. The maximum absolute atomic E-state index is 9.10. The van der Waals surface area contributed by atoms with E-state index in [4.69, 9.17) is 29.3 Å². The molecule has 7 nitrogen and oxygen atoms in total. The van der Waals surface area contributed by atoms with E-state index in [-0.39, 0.29) is 0 Å². The maximum Gasteiger partial charge on any atom is 0.414 e. The molecule has 0 unspecified atom stereocenters. The smallest absolute Gasteiger partial charge is 0.414 e. The van der Waals surface area contributed by atoms with Crippen molar-refractivity contribution in [1.29, 1.82) is 0 Å². The molecule has 3 N–H and O–H groups in total. The lowest BCUT2D eigenvalue weighted by atomic mass is 10.1. The molecule has 2 aromatic carbocycles. The molecule has 0 atom stereocenters. The van der Waals surface area contributed by atoms with Crippen LogP contribution >= 0.6 is 0 Å². The molecule has 7 heteroatoms. The van der Waals surface area contributed by atoms with Gasteiger partial charge in [-0.25, -0.2) is 9.59 Å². The number of carboxylic acid groups (broad SMARTS) is 2. The quantitative estimate of drug-likeness (QED) is 0.679. The number of aryl methyl sites for hydroxylation is 1. The standard InChI is InChI=1S/C17H21NO2.C2H2O4/c1-13-4-6-14(7-5-13)11-18-12-15-8-9-16(19-2)17(10-15)20-3;3-1(4)2(5)6/h4-10,18H,11-12H2,1-3H3;(H,3,4)(H,5,6). The Labute approximate surface area is 152 Å². The van der Waals surface area contributed by atoms with Crippen LogP contribution in [0.2, 0.25) is 0 Å². The number of rotatable bonds is 6. The Morgan fingerprint density at radius 3 is 1.85 bits per heavy atom. The van der Waals surface area contributed by atoms with Crippen LogP contribution < -0.4 is 14.8 Å². The number of carbonyl (C=O) groups is 2. The molecular weight excluding hydrogens is 338 g/mol. The Balaban J connectivity index is 0.000000487. The Morgan fingerprint density at radius 1 is 0.846 bits per heavy atom. The molecule has 0 aliphatic rings. The molecule has 0 radical (unpaired) electrons. The Kier molecular flexibility index (Phi) is 8.66. The first kappa shape index (κ1) is 21.0. The average molecular weight is 361 g/mol. The molecule has 0 amide bonds. The molecule has 0 aliphatic heterocycles. The van der Waals surface area contributed by atoms with Crippen molar-refractivity contribution in [2.45, 2.75) is 20.0 Å². The van der Waals surface area contributed by atoms with Crippen molar-refractivity contribution in [2.24, 2.45) is 0 Å². The third-order valence-corrected chi connectivity index (χ3v) is 3.41. The normalized spacial score (nSPS) is 9.65. The molecule has 0 saturated carbocycles. The summed E-state index contributed by atoms with van der Waals surface area (Å²) < 4.78 is 10.5. The second-order valence-corrected chi connectivity index (χ2v) is 5.39. The van der Waals surface area contributed by atoms with Gasteiger partial charge in [0.05, 0.1) is 14.2 Å². The van der Waals surface area contributed by atoms with Crippen molar-refractivity contribution >= 4 is 11.9 Å². The molecule has 0 bridgehead atoms. The molecule has 0 heterocycles. The second kappa shape index (κ2) is 10.7. The number of methoxy groups -OCH3 is 2. The third-order valence-electron chi connectivity index (χ3n) is 3.41. The Morgan fingerprint density at radius 2 is 1.35 bits per heavy atom. The van der Waals surface area contributed by atoms with Crippen molar-refractivity contribution in [3.63, 3.8) is 0 Å². The van der Waals surface area contributed by atoms with Gasteiger partial charge in [-0.15, -0.1) is 0 Å². The van der Waals surface area contributed by atoms with Crippen LogP contribution in [0.3, 0.4) is 0 Å². The van der Waals surface area contributed by atoms with Gasteiger partial charge in [0.15, 0.2) is 11.5 Å². The van der Waals surface area contributed by atoms with E-state index in [0.717, 1.165) is 24.6 Å². The second-order valence-electron chi connectivity index (χ2n) is 5.39. The van der Waals surface area contributed by atoms with Gasteiger partial charge in [-0.1, -0.05) is 35.9 Å². The van der Waals surface area contributed by atoms with Gasteiger partial charge in [0.25, 0.3) is 0 Å². The van der Waals surface area contributed by atoms with E-state index in [1.165, 1.54) is 16.7 Å². The van der Waals surface area contributed by atoms with Crippen LogP contribution in [0.1, 0.15) is 16.7 Å². The first-order chi connectivity index (χ1) is 12.4. The highest BCUT2D eigenvalue weighted by molar-refractivity contribution is 6.27. The fourth-order valence-electron chi connectivity index (χ4n) is 2.05. The summed E-state index contributed by atoms with van der Waals surface area (Å²) in [6.45, 7) is 3.75. The van der Waals surface area contributed by atoms with E-state index < -0.39 is 11.9 Å². The van der Waals surface area contributed by atoms with Crippen molar-refractivity contribution in [3.05, 3.63) is 59.2 Å².